The number of hydrogen-bond acceptors (Lipinski definition) is 4. The van der Waals surface area contributed by atoms with Gasteiger partial charge in [-0.3, -0.25) is 4.79 Å². The number of piperidine rings is 1. The highest BCUT2D eigenvalue weighted by molar-refractivity contribution is 7.98. The van der Waals surface area contributed by atoms with Crippen molar-refractivity contribution >= 4 is 33.4 Å². The molecule has 1 fully saturated rings. The van der Waals surface area contributed by atoms with Crippen molar-refractivity contribution in [2.45, 2.75) is 48.8 Å². The van der Waals surface area contributed by atoms with Crippen molar-refractivity contribution in [2.75, 3.05) is 24.7 Å². The Bertz CT molecular complexity index is 971. The van der Waals surface area contributed by atoms with Crippen molar-refractivity contribution in [3.63, 3.8) is 0 Å². The predicted octanol–water partition coefficient (Wildman–Crippen LogP) is 4.75. The van der Waals surface area contributed by atoms with E-state index in [1.54, 1.807) is 23.9 Å². The maximum atomic E-state index is 13.0. The fourth-order valence-electron chi connectivity index (χ4n) is 3.55. The van der Waals surface area contributed by atoms with Gasteiger partial charge in [-0.05, 0) is 66.5 Å². The molecule has 30 heavy (non-hydrogen) atoms. The Labute approximate surface area is 184 Å². The van der Waals surface area contributed by atoms with E-state index in [1.165, 1.54) is 4.31 Å². The zero-order chi connectivity index (χ0) is 21.9. The number of carbonyl (C=O) groups is 1. The van der Waals surface area contributed by atoms with Gasteiger partial charge in [0, 0.05) is 29.6 Å². The lowest BCUT2D eigenvalue weighted by Crippen LogP contribution is -2.41. The number of carbonyl (C=O) groups excluding carboxylic acids is 1. The number of benzene rings is 2. The van der Waals surface area contributed by atoms with Gasteiger partial charge in [-0.2, -0.15) is 4.31 Å². The summed E-state index contributed by atoms with van der Waals surface area (Å²) in [6.45, 7) is 7.01. The van der Waals surface area contributed by atoms with E-state index < -0.39 is 10.0 Å². The van der Waals surface area contributed by atoms with Crippen molar-refractivity contribution < 1.29 is 13.2 Å². The monoisotopic (exact) mass is 446 g/mol. The van der Waals surface area contributed by atoms with Gasteiger partial charge >= 0.3 is 0 Å². The standard InChI is InChI=1S/C23H30N2O3S2/c1-23(2,3)18-5-11-21(12-6-18)30(27,28)25-15-13-17(14-16-25)22(26)24-19-7-9-20(29-4)10-8-19/h5-12,17H,13-16H2,1-4H3,(H,24,26). The van der Waals surface area contributed by atoms with Gasteiger partial charge in [0.15, 0.2) is 0 Å². The van der Waals surface area contributed by atoms with E-state index in [4.69, 9.17) is 0 Å². The molecule has 1 saturated heterocycles. The molecule has 0 spiro atoms. The first-order valence-electron chi connectivity index (χ1n) is 10.2. The molecule has 2 aromatic rings. The maximum Gasteiger partial charge on any atom is 0.243 e. The van der Waals surface area contributed by atoms with Crippen molar-refractivity contribution in [3.8, 4) is 0 Å². The molecule has 1 N–H and O–H groups in total. The maximum absolute atomic E-state index is 13.0. The summed E-state index contributed by atoms with van der Waals surface area (Å²) in [6, 6.07) is 14.9. The molecule has 1 aliphatic rings. The highest BCUT2D eigenvalue weighted by Crippen LogP contribution is 2.28. The fourth-order valence-corrected chi connectivity index (χ4v) is 5.43. The summed E-state index contributed by atoms with van der Waals surface area (Å²) in [5.41, 5.74) is 1.85. The molecule has 0 aliphatic carbocycles. The van der Waals surface area contributed by atoms with E-state index in [1.807, 2.05) is 42.7 Å². The van der Waals surface area contributed by atoms with Crippen LogP contribution < -0.4 is 5.32 Å². The van der Waals surface area contributed by atoms with Crippen LogP contribution in [0.4, 0.5) is 5.69 Å². The van der Waals surface area contributed by atoms with E-state index >= 15 is 0 Å². The SMILES string of the molecule is CSc1ccc(NC(=O)C2CCN(S(=O)(=O)c3ccc(C(C)(C)C)cc3)CC2)cc1. The molecule has 7 heteroatoms. The van der Waals surface area contributed by atoms with Gasteiger partial charge in [0.05, 0.1) is 4.90 Å². The van der Waals surface area contributed by atoms with Crippen LogP contribution in [0, 0.1) is 5.92 Å². The first kappa shape index (κ1) is 22.8. The van der Waals surface area contributed by atoms with Crippen LogP contribution in [0.15, 0.2) is 58.3 Å². The molecular weight excluding hydrogens is 416 g/mol. The normalized spacial score (nSPS) is 16.4. The molecule has 0 atom stereocenters. The molecule has 0 radical (unpaired) electrons. The van der Waals surface area contributed by atoms with Crippen molar-refractivity contribution in [1.29, 1.82) is 0 Å². The quantitative estimate of drug-likeness (QED) is 0.674. The smallest absolute Gasteiger partial charge is 0.243 e. The van der Waals surface area contributed by atoms with Gasteiger partial charge in [-0.25, -0.2) is 8.42 Å². The largest absolute Gasteiger partial charge is 0.326 e. The summed E-state index contributed by atoms with van der Waals surface area (Å²) in [5, 5.41) is 2.95. The average Bonchev–Trinajstić information content (AvgIpc) is 2.74. The summed E-state index contributed by atoms with van der Waals surface area (Å²) in [6.07, 6.45) is 3.05. The van der Waals surface area contributed by atoms with E-state index in [0.29, 0.717) is 30.8 Å². The molecule has 2 aromatic carbocycles. The van der Waals surface area contributed by atoms with Gasteiger partial charge in [-0.15, -0.1) is 11.8 Å². The minimum absolute atomic E-state index is 0.0241. The first-order chi connectivity index (χ1) is 14.1. The summed E-state index contributed by atoms with van der Waals surface area (Å²) in [5.74, 6) is -0.224. The molecule has 1 aliphatic heterocycles. The van der Waals surface area contributed by atoms with Gasteiger partial charge in [0.2, 0.25) is 15.9 Å². The Hall–Kier alpha value is -1.83. The van der Waals surface area contributed by atoms with Crippen molar-refractivity contribution in [3.05, 3.63) is 54.1 Å². The summed E-state index contributed by atoms with van der Waals surface area (Å²) < 4.78 is 27.5. The second kappa shape index (κ2) is 9.12. The second-order valence-corrected chi connectivity index (χ2v) is 11.5. The summed E-state index contributed by atoms with van der Waals surface area (Å²) >= 11 is 1.65. The number of nitrogens with one attached hydrogen (secondary N) is 1. The zero-order valence-electron chi connectivity index (χ0n) is 18.0. The first-order valence-corrected chi connectivity index (χ1v) is 12.8. The summed E-state index contributed by atoms with van der Waals surface area (Å²) in [7, 11) is -3.54. The van der Waals surface area contributed by atoms with Crippen LogP contribution in [0.1, 0.15) is 39.2 Å². The predicted molar refractivity (Wildman–Crippen MR) is 123 cm³/mol. The number of anilines is 1. The molecule has 5 nitrogen and oxygen atoms in total. The van der Waals surface area contributed by atoms with E-state index in [9.17, 15) is 13.2 Å². The van der Waals surface area contributed by atoms with Gasteiger partial charge in [0.25, 0.3) is 0 Å². The number of nitrogens with zero attached hydrogens (tertiary/aromatic N) is 1. The van der Waals surface area contributed by atoms with Gasteiger partial charge in [-0.1, -0.05) is 32.9 Å². The number of sulfonamides is 1. The molecule has 0 aromatic heterocycles. The van der Waals surface area contributed by atoms with E-state index in [-0.39, 0.29) is 17.2 Å². The second-order valence-electron chi connectivity index (χ2n) is 8.67. The molecule has 0 bridgehead atoms. The minimum atomic E-state index is -3.54. The molecule has 162 valence electrons. The molecular formula is C23H30N2O3S2. The zero-order valence-corrected chi connectivity index (χ0v) is 19.6. The Balaban J connectivity index is 1.60. The number of thioether (sulfide) groups is 1. The van der Waals surface area contributed by atoms with Crippen LogP contribution in [0.25, 0.3) is 0 Å². The third-order valence-electron chi connectivity index (χ3n) is 5.54. The molecule has 1 heterocycles. The lowest BCUT2D eigenvalue weighted by molar-refractivity contribution is -0.120. The highest BCUT2D eigenvalue weighted by Gasteiger charge is 2.32. The molecule has 0 saturated carbocycles. The van der Waals surface area contributed by atoms with Crippen LogP contribution in [0.5, 0.6) is 0 Å². The van der Waals surface area contributed by atoms with Gasteiger partial charge < -0.3 is 5.32 Å². The Morgan fingerprint density at radius 1 is 1.00 bits per heavy atom. The van der Waals surface area contributed by atoms with E-state index in [0.717, 1.165) is 16.1 Å². The third kappa shape index (κ3) is 5.25. The van der Waals surface area contributed by atoms with E-state index in [2.05, 4.69) is 26.1 Å². The molecule has 3 rings (SSSR count). The van der Waals surface area contributed by atoms with Crippen LogP contribution in [-0.4, -0.2) is 38.0 Å². The van der Waals surface area contributed by atoms with Crippen molar-refractivity contribution in [2.24, 2.45) is 5.92 Å². The Morgan fingerprint density at radius 2 is 1.57 bits per heavy atom. The number of rotatable bonds is 5. The third-order valence-corrected chi connectivity index (χ3v) is 8.20. The Kier molecular flexibility index (Phi) is 6.95. The lowest BCUT2D eigenvalue weighted by Gasteiger charge is -2.30. The fraction of sp³-hybridized carbons (Fsp3) is 0.435. The van der Waals surface area contributed by atoms with Crippen LogP contribution in [0.3, 0.4) is 0 Å². The minimum Gasteiger partial charge on any atom is -0.326 e. The molecule has 0 unspecified atom stereocenters. The highest BCUT2D eigenvalue weighted by atomic mass is 32.2. The van der Waals surface area contributed by atoms with Crippen molar-refractivity contribution in [1.82, 2.24) is 4.31 Å². The van der Waals surface area contributed by atoms with Crippen LogP contribution in [-0.2, 0) is 20.2 Å². The summed E-state index contributed by atoms with van der Waals surface area (Å²) in [4.78, 5) is 14.0. The lowest BCUT2D eigenvalue weighted by atomic mass is 9.87. The van der Waals surface area contributed by atoms with Crippen LogP contribution >= 0.6 is 11.8 Å². The van der Waals surface area contributed by atoms with Gasteiger partial charge in [0.1, 0.15) is 0 Å². The Morgan fingerprint density at radius 3 is 2.07 bits per heavy atom. The average molecular weight is 447 g/mol. The number of hydrogen-bond donors (Lipinski definition) is 1. The van der Waals surface area contributed by atoms with Crippen LogP contribution in [0.2, 0.25) is 0 Å². The topological polar surface area (TPSA) is 66.5 Å². The molecule has 1 amide bonds. The number of amides is 1.